The van der Waals surface area contributed by atoms with E-state index in [1.807, 2.05) is 18.2 Å². The second kappa shape index (κ2) is 13.5. The van der Waals surface area contributed by atoms with Gasteiger partial charge in [0.15, 0.2) is 11.5 Å². The second-order valence-electron chi connectivity index (χ2n) is 8.38. The van der Waals surface area contributed by atoms with Gasteiger partial charge in [0.05, 0.1) is 42.2 Å². The molecule has 0 saturated carbocycles. The lowest BCUT2D eigenvalue weighted by Gasteiger charge is -2.33. The van der Waals surface area contributed by atoms with Crippen LogP contribution in [0.2, 0.25) is 0 Å². The first-order valence-corrected chi connectivity index (χ1v) is 12.1. The van der Waals surface area contributed by atoms with Gasteiger partial charge in [0.2, 0.25) is 5.75 Å². The van der Waals surface area contributed by atoms with Crippen molar-refractivity contribution in [3.05, 3.63) is 35.9 Å². The fourth-order valence-corrected chi connectivity index (χ4v) is 4.28. The molecule has 0 radical (unpaired) electrons. The quantitative estimate of drug-likeness (QED) is 0.320. The van der Waals surface area contributed by atoms with Gasteiger partial charge in [-0.05, 0) is 55.9 Å². The highest BCUT2D eigenvalue weighted by atomic mass is 16.6. The van der Waals surface area contributed by atoms with Gasteiger partial charge in [-0.15, -0.1) is 0 Å². The van der Waals surface area contributed by atoms with Gasteiger partial charge in [0.1, 0.15) is 23.3 Å². The summed E-state index contributed by atoms with van der Waals surface area (Å²) in [4.78, 5) is 27.4. The summed E-state index contributed by atoms with van der Waals surface area (Å²) in [6.07, 6.45) is 2.69. The molecule has 0 N–H and O–H groups in total. The molecule has 1 amide bonds. The Morgan fingerprint density at radius 2 is 1.54 bits per heavy atom. The van der Waals surface area contributed by atoms with Crippen molar-refractivity contribution in [1.82, 2.24) is 4.90 Å². The fourth-order valence-electron chi connectivity index (χ4n) is 4.28. The Bertz CT molecular complexity index is 1050. The van der Waals surface area contributed by atoms with Crippen molar-refractivity contribution in [2.75, 3.05) is 48.7 Å². The normalized spacial score (nSPS) is 14.9. The van der Waals surface area contributed by atoms with Crippen LogP contribution in [0.15, 0.2) is 30.3 Å². The third-order valence-electron chi connectivity index (χ3n) is 6.18. The monoisotopic (exact) mass is 517 g/mol. The van der Waals surface area contributed by atoms with E-state index in [2.05, 4.69) is 0 Å². The number of likely N-dealkylation sites (tertiary alicyclic amines) is 1. The van der Waals surface area contributed by atoms with E-state index in [0.717, 1.165) is 29.9 Å². The summed E-state index contributed by atoms with van der Waals surface area (Å²) in [5, 5.41) is 0. The van der Waals surface area contributed by atoms with E-state index < -0.39 is 18.1 Å². The highest BCUT2D eigenvalue weighted by Gasteiger charge is 2.35. The number of amides is 1. The minimum absolute atomic E-state index is 0.212. The van der Waals surface area contributed by atoms with Crippen LogP contribution in [0.4, 0.5) is 4.79 Å². The van der Waals surface area contributed by atoms with Gasteiger partial charge in [-0.3, -0.25) is 4.90 Å². The van der Waals surface area contributed by atoms with Crippen LogP contribution in [0.3, 0.4) is 0 Å². The zero-order valence-electron chi connectivity index (χ0n) is 22.0. The fraction of sp³-hybridized carbons (Fsp3) is 0.481. The predicted octanol–water partition coefficient (Wildman–Crippen LogP) is 4.26. The van der Waals surface area contributed by atoms with Crippen molar-refractivity contribution in [3.63, 3.8) is 0 Å². The number of nitrogens with zero attached hydrogens (tertiary/aromatic N) is 1. The topological polar surface area (TPSA) is 102 Å². The Balaban J connectivity index is 1.61. The summed E-state index contributed by atoms with van der Waals surface area (Å²) in [6.45, 7) is 0.607. The maximum absolute atomic E-state index is 13.0. The lowest BCUT2D eigenvalue weighted by Crippen LogP contribution is -2.49. The van der Waals surface area contributed by atoms with Crippen LogP contribution in [-0.4, -0.2) is 71.7 Å². The average Bonchev–Trinajstić information content (AvgIpc) is 2.94. The maximum Gasteiger partial charge on any atom is 0.415 e. The van der Waals surface area contributed by atoms with Crippen LogP contribution < -0.4 is 28.4 Å². The van der Waals surface area contributed by atoms with Gasteiger partial charge >= 0.3 is 12.1 Å². The second-order valence-corrected chi connectivity index (χ2v) is 8.38. The summed E-state index contributed by atoms with van der Waals surface area (Å²) < 4.78 is 37.8. The van der Waals surface area contributed by atoms with Crippen LogP contribution >= 0.6 is 0 Å². The molecule has 1 heterocycles. The molecule has 1 fully saturated rings. The first-order chi connectivity index (χ1) is 17.9. The number of piperidine rings is 1. The van der Waals surface area contributed by atoms with E-state index in [9.17, 15) is 9.59 Å². The van der Waals surface area contributed by atoms with E-state index in [1.54, 1.807) is 14.2 Å². The summed E-state index contributed by atoms with van der Waals surface area (Å²) in [6, 6.07) is 7.93. The summed E-state index contributed by atoms with van der Waals surface area (Å²) in [5.41, 5.74) is 0.964. The SMILES string of the molecule is COc1ccc(OC)c(CCCOC(=O)C2CCCCN2C(=O)Oc2cc(OC)c(OC)c(OC)c2)c1. The molecule has 37 heavy (non-hydrogen) atoms. The molecule has 1 atom stereocenters. The predicted molar refractivity (Wildman–Crippen MR) is 135 cm³/mol. The number of esters is 1. The zero-order chi connectivity index (χ0) is 26.8. The first kappa shape index (κ1) is 27.8. The average molecular weight is 518 g/mol. The van der Waals surface area contributed by atoms with Crippen molar-refractivity contribution >= 4 is 12.1 Å². The Labute approximate surface area is 217 Å². The minimum Gasteiger partial charge on any atom is -0.497 e. The minimum atomic E-state index is -0.713. The number of carbonyl (C=O) groups excluding carboxylic acids is 2. The molecule has 2 aromatic carbocycles. The molecule has 1 unspecified atom stereocenters. The molecule has 1 aliphatic rings. The summed E-state index contributed by atoms with van der Waals surface area (Å²) in [7, 11) is 7.66. The molecule has 10 nitrogen and oxygen atoms in total. The molecule has 1 saturated heterocycles. The molecular weight excluding hydrogens is 482 g/mol. The Morgan fingerprint density at radius 3 is 2.16 bits per heavy atom. The molecule has 202 valence electrons. The van der Waals surface area contributed by atoms with Gasteiger partial charge in [-0.1, -0.05) is 0 Å². The summed E-state index contributed by atoms with van der Waals surface area (Å²) >= 11 is 0. The number of ether oxygens (including phenoxy) is 7. The van der Waals surface area contributed by atoms with E-state index in [0.29, 0.717) is 43.1 Å². The van der Waals surface area contributed by atoms with E-state index >= 15 is 0 Å². The Kier molecular flexibility index (Phi) is 10.1. The molecule has 0 aliphatic carbocycles. The Hall–Kier alpha value is -3.82. The molecule has 0 spiro atoms. The van der Waals surface area contributed by atoms with Gasteiger partial charge in [-0.25, -0.2) is 9.59 Å². The number of rotatable bonds is 11. The van der Waals surface area contributed by atoms with Gasteiger partial charge < -0.3 is 33.2 Å². The number of aryl methyl sites for hydroxylation is 1. The largest absolute Gasteiger partial charge is 0.497 e. The number of hydrogen-bond donors (Lipinski definition) is 0. The Morgan fingerprint density at radius 1 is 0.838 bits per heavy atom. The van der Waals surface area contributed by atoms with Crippen molar-refractivity contribution in [2.24, 2.45) is 0 Å². The smallest absolute Gasteiger partial charge is 0.415 e. The highest BCUT2D eigenvalue weighted by molar-refractivity contribution is 5.82. The number of carbonyl (C=O) groups is 2. The van der Waals surface area contributed by atoms with E-state index in [-0.39, 0.29) is 12.4 Å². The molecule has 2 aromatic rings. The van der Waals surface area contributed by atoms with Crippen LogP contribution in [0.25, 0.3) is 0 Å². The van der Waals surface area contributed by atoms with Gasteiger partial charge in [-0.2, -0.15) is 0 Å². The maximum atomic E-state index is 13.0. The molecule has 0 aromatic heterocycles. The number of benzene rings is 2. The van der Waals surface area contributed by atoms with E-state index in [1.165, 1.54) is 38.4 Å². The lowest BCUT2D eigenvalue weighted by atomic mass is 10.0. The van der Waals surface area contributed by atoms with Crippen molar-refractivity contribution < 1.29 is 42.7 Å². The van der Waals surface area contributed by atoms with Gasteiger partial charge in [0.25, 0.3) is 0 Å². The van der Waals surface area contributed by atoms with Crippen LogP contribution in [0.1, 0.15) is 31.2 Å². The molecule has 1 aliphatic heterocycles. The number of methoxy groups -OCH3 is 5. The number of hydrogen-bond acceptors (Lipinski definition) is 9. The van der Waals surface area contributed by atoms with Crippen LogP contribution in [0.5, 0.6) is 34.5 Å². The van der Waals surface area contributed by atoms with E-state index in [4.69, 9.17) is 33.2 Å². The van der Waals surface area contributed by atoms with Crippen molar-refractivity contribution in [1.29, 1.82) is 0 Å². The molecule has 3 rings (SSSR count). The van der Waals surface area contributed by atoms with Crippen LogP contribution in [-0.2, 0) is 16.0 Å². The molecule has 10 heteroatoms. The highest BCUT2D eigenvalue weighted by Crippen LogP contribution is 2.41. The third kappa shape index (κ3) is 6.90. The van der Waals surface area contributed by atoms with Crippen LogP contribution in [0, 0.1) is 0 Å². The molecule has 0 bridgehead atoms. The standard InChI is InChI=1S/C27H35NO9/c1-31-19-11-12-22(32-2)18(15-19)9-8-14-36-26(29)21-10-6-7-13-28(21)27(30)37-20-16-23(33-3)25(35-5)24(17-20)34-4/h11-12,15-17,21H,6-10,13-14H2,1-5H3. The zero-order valence-corrected chi connectivity index (χ0v) is 22.0. The third-order valence-corrected chi connectivity index (χ3v) is 6.18. The van der Waals surface area contributed by atoms with Crippen molar-refractivity contribution in [2.45, 2.75) is 38.1 Å². The van der Waals surface area contributed by atoms with Gasteiger partial charge in [0, 0.05) is 18.7 Å². The first-order valence-electron chi connectivity index (χ1n) is 12.1. The molecular formula is C27H35NO9. The van der Waals surface area contributed by atoms with Crippen molar-refractivity contribution in [3.8, 4) is 34.5 Å². The summed E-state index contributed by atoms with van der Waals surface area (Å²) in [5.74, 6) is 2.34. The lowest BCUT2D eigenvalue weighted by molar-refractivity contribution is -0.150.